The minimum absolute atomic E-state index is 0.0754. The minimum atomic E-state index is 0.0754. The SMILES string of the molecule is Cc1cccc(C2=CCc3ncc(-c4ccc(CN5CCC(NCO)CC5)cc4)cc32)c1. The van der Waals surface area contributed by atoms with E-state index in [0.717, 1.165) is 38.9 Å². The van der Waals surface area contributed by atoms with Crippen LogP contribution in [-0.2, 0) is 13.0 Å². The Hall–Kier alpha value is -2.79. The van der Waals surface area contributed by atoms with Crippen molar-refractivity contribution in [3.05, 3.63) is 94.8 Å². The van der Waals surface area contributed by atoms with E-state index in [2.05, 4.69) is 77.8 Å². The fourth-order valence-electron chi connectivity index (χ4n) is 4.93. The number of aliphatic hydroxyl groups excluding tert-OH is 1. The number of hydrogen-bond acceptors (Lipinski definition) is 4. The Morgan fingerprint density at radius 3 is 2.56 bits per heavy atom. The molecular formula is C28H31N3O. The van der Waals surface area contributed by atoms with Crippen LogP contribution in [0.4, 0.5) is 0 Å². The van der Waals surface area contributed by atoms with Gasteiger partial charge in [0.1, 0.15) is 0 Å². The number of aryl methyl sites for hydroxylation is 1. The highest BCUT2D eigenvalue weighted by atomic mass is 16.3. The minimum Gasteiger partial charge on any atom is -0.381 e. The summed E-state index contributed by atoms with van der Waals surface area (Å²) < 4.78 is 0. The summed E-state index contributed by atoms with van der Waals surface area (Å²) in [6.45, 7) is 5.34. The van der Waals surface area contributed by atoms with E-state index >= 15 is 0 Å². The van der Waals surface area contributed by atoms with Crippen molar-refractivity contribution < 1.29 is 5.11 Å². The van der Waals surface area contributed by atoms with Crippen molar-refractivity contribution in [1.29, 1.82) is 0 Å². The molecule has 2 N–H and O–H groups in total. The molecule has 2 aliphatic rings. The number of fused-ring (bicyclic) bond motifs is 1. The summed E-state index contributed by atoms with van der Waals surface area (Å²) >= 11 is 0. The molecule has 0 amide bonds. The highest BCUT2D eigenvalue weighted by Crippen LogP contribution is 2.34. The van der Waals surface area contributed by atoms with E-state index in [-0.39, 0.29) is 6.73 Å². The zero-order chi connectivity index (χ0) is 21.9. The number of allylic oxidation sites excluding steroid dienone is 1. The Morgan fingerprint density at radius 2 is 1.81 bits per heavy atom. The second kappa shape index (κ2) is 9.37. The molecule has 0 atom stereocenters. The predicted octanol–water partition coefficient (Wildman–Crippen LogP) is 4.55. The maximum absolute atomic E-state index is 9.04. The number of rotatable bonds is 6. The van der Waals surface area contributed by atoms with Crippen LogP contribution in [0.15, 0.2) is 66.9 Å². The lowest BCUT2D eigenvalue weighted by Gasteiger charge is -2.32. The summed E-state index contributed by atoms with van der Waals surface area (Å²) in [5.74, 6) is 0. The number of nitrogens with zero attached hydrogens (tertiary/aromatic N) is 2. The monoisotopic (exact) mass is 425 g/mol. The van der Waals surface area contributed by atoms with E-state index in [1.54, 1.807) is 0 Å². The van der Waals surface area contributed by atoms with E-state index in [0.29, 0.717) is 6.04 Å². The van der Waals surface area contributed by atoms with Crippen molar-refractivity contribution in [1.82, 2.24) is 15.2 Å². The Labute approximate surface area is 190 Å². The third-order valence-corrected chi connectivity index (χ3v) is 6.75. The Kier molecular flexibility index (Phi) is 6.17. The molecular weight excluding hydrogens is 394 g/mol. The first-order chi connectivity index (χ1) is 15.7. The van der Waals surface area contributed by atoms with Crippen LogP contribution < -0.4 is 5.32 Å². The first-order valence-electron chi connectivity index (χ1n) is 11.6. The van der Waals surface area contributed by atoms with Crippen LogP contribution in [0.2, 0.25) is 0 Å². The molecule has 32 heavy (non-hydrogen) atoms. The molecule has 5 rings (SSSR count). The van der Waals surface area contributed by atoms with Gasteiger partial charge in [-0.3, -0.25) is 15.2 Å². The summed E-state index contributed by atoms with van der Waals surface area (Å²) in [6.07, 6.45) is 7.41. The predicted molar refractivity (Wildman–Crippen MR) is 130 cm³/mol. The molecule has 1 aromatic heterocycles. The zero-order valence-electron chi connectivity index (χ0n) is 18.7. The highest BCUT2D eigenvalue weighted by Gasteiger charge is 2.19. The number of aliphatic hydroxyl groups is 1. The molecule has 0 unspecified atom stereocenters. The Bertz CT molecular complexity index is 1110. The summed E-state index contributed by atoms with van der Waals surface area (Å²) in [4.78, 5) is 7.29. The number of nitrogens with one attached hydrogen (secondary N) is 1. The average Bonchev–Trinajstić information content (AvgIpc) is 3.24. The molecule has 2 heterocycles. The highest BCUT2D eigenvalue weighted by molar-refractivity contribution is 5.86. The summed E-state index contributed by atoms with van der Waals surface area (Å²) in [5.41, 5.74) is 10.0. The maximum Gasteiger partial charge on any atom is 0.0933 e. The van der Waals surface area contributed by atoms with Gasteiger partial charge in [-0.1, -0.05) is 60.2 Å². The molecule has 3 aromatic rings. The second-order valence-corrected chi connectivity index (χ2v) is 9.02. The fraction of sp³-hybridized carbons (Fsp3) is 0.321. The van der Waals surface area contributed by atoms with Crippen molar-refractivity contribution >= 4 is 5.57 Å². The zero-order valence-corrected chi connectivity index (χ0v) is 18.7. The lowest BCUT2D eigenvalue weighted by atomic mass is 9.96. The molecule has 4 nitrogen and oxygen atoms in total. The van der Waals surface area contributed by atoms with E-state index in [4.69, 9.17) is 10.1 Å². The van der Waals surface area contributed by atoms with Crippen LogP contribution in [0, 0.1) is 6.92 Å². The van der Waals surface area contributed by atoms with E-state index in [1.807, 2.05) is 6.20 Å². The van der Waals surface area contributed by atoms with Gasteiger partial charge >= 0.3 is 0 Å². The van der Waals surface area contributed by atoms with Crippen LogP contribution in [0.3, 0.4) is 0 Å². The number of pyridine rings is 1. The topological polar surface area (TPSA) is 48.4 Å². The fourth-order valence-corrected chi connectivity index (χ4v) is 4.93. The first-order valence-corrected chi connectivity index (χ1v) is 11.6. The third-order valence-electron chi connectivity index (χ3n) is 6.75. The van der Waals surface area contributed by atoms with E-state index < -0.39 is 0 Å². The molecule has 0 saturated carbocycles. The molecule has 2 aromatic carbocycles. The number of aromatic nitrogens is 1. The van der Waals surface area contributed by atoms with Gasteiger partial charge in [-0.05, 0) is 61.2 Å². The average molecular weight is 426 g/mol. The number of benzene rings is 2. The largest absolute Gasteiger partial charge is 0.381 e. The van der Waals surface area contributed by atoms with Gasteiger partial charge in [0.05, 0.1) is 12.4 Å². The van der Waals surface area contributed by atoms with Crippen molar-refractivity contribution in [2.24, 2.45) is 0 Å². The lowest BCUT2D eigenvalue weighted by Crippen LogP contribution is -2.42. The van der Waals surface area contributed by atoms with Crippen LogP contribution in [0.1, 0.15) is 40.8 Å². The Morgan fingerprint density at radius 1 is 1.00 bits per heavy atom. The van der Waals surface area contributed by atoms with Crippen molar-refractivity contribution in [2.75, 3.05) is 19.8 Å². The second-order valence-electron chi connectivity index (χ2n) is 9.02. The van der Waals surface area contributed by atoms with Gasteiger partial charge in [-0.2, -0.15) is 0 Å². The summed E-state index contributed by atoms with van der Waals surface area (Å²) in [7, 11) is 0. The van der Waals surface area contributed by atoms with Crippen LogP contribution in [0.25, 0.3) is 16.7 Å². The number of hydrogen-bond donors (Lipinski definition) is 2. The molecule has 1 fully saturated rings. The van der Waals surface area contributed by atoms with Crippen molar-refractivity contribution in [2.45, 2.75) is 38.8 Å². The molecule has 1 aliphatic carbocycles. The molecule has 1 saturated heterocycles. The van der Waals surface area contributed by atoms with Gasteiger partial charge in [0.15, 0.2) is 0 Å². The van der Waals surface area contributed by atoms with Crippen LogP contribution in [-0.4, -0.2) is 40.9 Å². The third kappa shape index (κ3) is 4.53. The quantitative estimate of drug-likeness (QED) is 0.569. The van der Waals surface area contributed by atoms with Gasteiger partial charge in [0.2, 0.25) is 0 Å². The lowest BCUT2D eigenvalue weighted by molar-refractivity contribution is 0.163. The van der Waals surface area contributed by atoms with Gasteiger partial charge in [0, 0.05) is 36.3 Å². The molecule has 4 heteroatoms. The van der Waals surface area contributed by atoms with Crippen molar-refractivity contribution in [3.63, 3.8) is 0 Å². The molecule has 0 radical (unpaired) electrons. The summed E-state index contributed by atoms with van der Waals surface area (Å²) in [6, 6.07) is 20.4. The van der Waals surface area contributed by atoms with Gasteiger partial charge in [0.25, 0.3) is 0 Å². The molecule has 164 valence electrons. The van der Waals surface area contributed by atoms with Gasteiger partial charge in [-0.25, -0.2) is 0 Å². The molecule has 1 aliphatic heterocycles. The van der Waals surface area contributed by atoms with Gasteiger partial charge in [-0.15, -0.1) is 0 Å². The van der Waals surface area contributed by atoms with E-state index in [9.17, 15) is 0 Å². The number of likely N-dealkylation sites (tertiary alicyclic amines) is 1. The summed E-state index contributed by atoms with van der Waals surface area (Å²) in [5, 5.41) is 12.2. The van der Waals surface area contributed by atoms with Crippen LogP contribution in [0.5, 0.6) is 0 Å². The number of piperidine rings is 1. The van der Waals surface area contributed by atoms with Crippen molar-refractivity contribution in [3.8, 4) is 11.1 Å². The maximum atomic E-state index is 9.04. The van der Waals surface area contributed by atoms with E-state index in [1.165, 1.54) is 44.6 Å². The Balaban J connectivity index is 1.29. The first kappa shape index (κ1) is 21.1. The smallest absolute Gasteiger partial charge is 0.0933 e. The molecule has 0 bridgehead atoms. The normalized spacial score (nSPS) is 16.8. The van der Waals surface area contributed by atoms with Crippen LogP contribution >= 0.6 is 0 Å². The van der Waals surface area contributed by atoms with Gasteiger partial charge < -0.3 is 5.11 Å². The molecule has 0 spiro atoms. The standard InChI is InChI=1S/C28H31N3O/c1-20-3-2-4-23(15-20)26-9-10-28-27(26)16-24(17-29-28)22-7-5-21(6-8-22)18-31-13-11-25(12-14-31)30-19-32/h2-9,15-17,25,30,32H,10-14,18-19H2,1H3.